The first-order chi connectivity index (χ1) is 12.5. The Morgan fingerprint density at radius 2 is 1.54 bits per heavy atom. The Labute approximate surface area is 155 Å². The molecule has 0 spiro atoms. The van der Waals surface area contributed by atoms with Crippen LogP contribution in [-0.4, -0.2) is 35.5 Å². The molecule has 0 saturated carbocycles. The van der Waals surface area contributed by atoms with Gasteiger partial charge in [-0.2, -0.15) is 0 Å². The molecule has 0 aliphatic rings. The zero-order valence-corrected chi connectivity index (χ0v) is 15.6. The van der Waals surface area contributed by atoms with Crippen LogP contribution in [0, 0.1) is 6.92 Å². The van der Waals surface area contributed by atoms with Crippen LogP contribution in [0.1, 0.15) is 42.6 Å². The van der Waals surface area contributed by atoms with E-state index < -0.39 is 12.1 Å². The molecule has 0 aromatic heterocycles. The zero-order valence-electron chi connectivity index (χ0n) is 15.6. The van der Waals surface area contributed by atoms with E-state index in [4.69, 9.17) is 14.6 Å². The summed E-state index contributed by atoms with van der Waals surface area (Å²) < 4.78 is 10.4. The molecule has 2 aromatic carbocycles. The number of unbranched alkanes of at least 4 members (excludes halogenated alkanes) is 1. The third kappa shape index (κ3) is 8.53. The molecule has 0 saturated heterocycles. The Kier molecular flexibility index (Phi) is 9.87. The number of hydrogen-bond acceptors (Lipinski definition) is 5. The number of carbonyl (C=O) groups is 1. The summed E-state index contributed by atoms with van der Waals surface area (Å²) in [7, 11) is 0. The van der Waals surface area contributed by atoms with Crippen molar-refractivity contribution in [2.24, 2.45) is 0 Å². The molecule has 1 atom stereocenters. The number of aryl methyl sites for hydroxylation is 1. The van der Waals surface area contributed by atoms with Crippen molar-refractivity contribution in [2.75, 3.05) is 13.2 Å². The van der Waals surface area contributed by atoms with Crippen molar-refractivity contribution in [3.05, 3.63) is 59.7 Å². The fourth-order valence-corrected chi connectivity index (χ4v) is 1.73. The normalized spacial score (nSPS) is 11.1. The lowest BCUT2D eigenvalue weighted by Crippen LogP contribution is -2.25. The maximum atomic E-state index is 11.7. The lowest BCUT2D eigenvalue weighted by atomic mass is 10.2. The highest BCUT2D eigenvalue weighted by atomic mass is 16.5. The lowest BCUT2D eigenvalue weighted by molar-refractivity contribution is 0.0130. The third-order valence-corrected chi connectivity index (χ3v) is 3.47. The van der Waals surface area contributed by atoms with E-state index in [2.05, 4.69) is 13.8 Å². The lowest BCUT2D eigenvalue weighted by Gasteiger charge is -2.13. The molecule has 0 fully saturated rings. The number of phenols is 1. The minimum Gasteiger partial charge on any atom is -0.508 e. The number of aliphatic hydroxyl groups excluding tert-OH is 1. The highest BCUT2D eigenvalue weighted by Crippen LogP contribution is 2.12. The summed E-state index contributed by atoms with van der Waals surface area (Å²) in [6.45, 7) is 6.21. The van der Waals surface area contributed by atoms with Crippen LogP contribution in [0.25, 0.3) is 0 Å². The fourth-order valence-electron chi connectivity index (χ4n) is 1.73. The Morgan fingerprint density at radius 3 is 2.08 bits per heavy atom. The molecular formula is C21H28O5. The van der Waals surface area contributed by atoms with Crippen LogP contribution in [0.2, 0.25) is 0 Å². The summed E-state index contributed by atoms with van der Waals surface area (Å²) in [5, 5.41) is 18.9. The van der Waals surface area contributed by atoms with Gasteiger partial charge in [0.25, 0.3) is 0 Å². The molecule has 1 unspecified atom stereocenters. The Hall–Kier alpha value is -2.53. The standard InChI is InChI=1S/C17H18O5.C4H10/c1-12-2-8-16(9-3-12)21-10-15(19)11-22-17(20)13-4-6-14(18)7-5-13;1-3-4-2/h2-9,15,18-19H,10-11H2,1H3;3-4H2,1-2H3. The largest absolute Gasteiger partial charge is 0.508 e. The molecule has 0 bridgehead atoms. The molecule has 2 N–H and O–H groups in total. The average molecular weight is 360 g/mol. The monoisotopic (exact) mass is 360 g/mol. The maximum Gasteiger partial charge on any atom is 0.338 e. The topological polar surface area (TPSA) is 76.0 Å². The van der Waals surface area contributed by atoms with Crippen LogP contribution in [0.3, 0.4) is 0 Å². The average Bonchev–Trinajstić information content (AvgIpc) is 2.66. The van der Waals surface area contributed by atoms with Crippen LogP contribution >= 0.6 is 0 Å². The smallest absolute Gasteiger partial charge is 0.338 e. The molecular weight excluding hydrogens is 332 g/mol. The Bertz CT molecular complexity index is 632. The van der Waals surface area contributed by atoms with Crippen molar-refractivity contribution in [1.29, 1.82) is 0 Å². The number of phenolic OH excluding ortho intramolecular Hbond substituents is 1. The van der Waals surface area contributed by atoms with Crippen LogP contribution < -0.4 is 4.74 Å². The fraction of sp³-hybridized carbons (Fsp3) is 0.381. The van der Waals surface area contributed by atoms with E-state index in [0.29, 0.717) is 11.3 Å². The van der Waals surface area contributed by atoms with Gasteiger partial charge in [0.05, 0.1) is 5.56 Å². The van der Waals surface area contributed by atoms with Gasteiger partial charge in [-0.1, -0.05) is 44.4 Å². The third-order valence-electron chi connectivity index (χ3n) is 3.47. The molecule has 0 amide bonds. The van der Waals surface area contributed by atoms with E-state index in [1.807, 2.05) is 31.2 Å². The number of esters is 1. The Balaban J connectivity index is 0.000000765. The summed E-state index contributed by atoms with van der Waals surface area (Å²) in [5.74, 6) is 0.159. The molecule has 0 aliphatic heterocycles. The van der Waals surface area contributed by atoms with Crippen molar-refractivity contribution in [2.45, 2.75) is 39.7 Å². The second kappa shape index (κ2) is 11.9. The van der Waals surface area contributed by atoms with Crippen molar-refractivity contribution < 1.29 is 24.5 Å². The van der Waals surface area contributed by atoms with Crippen LogP contribution in [-0.2, 0) is 4.74 Å². The van der Waals surface area contributed by atoms with Gasteiger partial charge in [0.15, 0.2) is 0 Å². The van der Waals surface area contributed by atoms with Crippen molar-refractivity contribution >= 4 is 5.97 Å². The quantitative estimate of drug-likeness (QED) is 0.727. The highest BCUT2D eigenvalue weighted by Gasteiger charge is 2.11. The predicted octanol–water partition coefficient (Wildman–Crippen LogP) is 4.10. The number of carbonyl (C=O) groups excluding carboxylic acids is 1. The molecule has 2 aromatic rings. The first-order valence-corrected chi connectivity index (χ1v) is 8.79. The van der Waals surface area contributed by atoms with Crippen LogP contribution in [0.15, 0.2) is 48.5 Å². The summed E-state index contributed by atoms with van der Waals surface area (Å²) in [5.41, 5.74) is 1.43. The first kappa shape index (κ1) is 21.5. The number of hydrogen-bond donors (Lipinski definition) is 2. The van der Waals surface area contributed by atoms with E-state index in [0.717, 1.165) is 5.56 Å². The predicted molar refractivity (Wildman–Crippen MR) is 102 cm³/mol. The summed E-state index contributed by atoms with van der Waals surface area (Å²) in [6, 6.07) is 13.1. The SMILES string of the molecule is CCCC.Cc1ccc(OCC(O)COC(=O)c2ccc(O)cc2)cc1. The van der Waals surface area contributed by atoms with Crippen LogP contribution in [0.4, 0.5) is 0 Å². The molecule has 0 heterocycles. The minimum absolute atomic E-state index is 0.0336. The van der Waals surface area contributed by atoms with Gasteiger partial charge in [-0.05, 0) is 43.3 Å². The summed E-state index contributed by atoms with van der Waals surface area (Å²) in [4.78, 5) is 11.7. The molecule has 5 nitrogen and oxygen atoms in total. The van der Waals surface area contributed by atoms with E-state index in [1.54, 1.807) is 0 Å². The molecule has 2 rings (SSSR count). The molecule has 142 valence electrons. The van der Waals surface area contributed by atoms with Gasteiger partial charge < -0.3 is 19.7 Å². The first-order valence-electron chi connectivity index (χ1n) is 8.79. The molecule has 26 heavy (non-hydrogen) atoms. The van der Waals surface area contributed by atoms with Gasteiger partial charge in [0, 0.05) is 0 Å². The van der Waals surface area contributed by atoms with E-state index in [-0.39, 0.29) is 19.0 Å². The second-order valence-electron chi connectivity index (χ2n) is 5.92. The van der Waals surface area contributed by atoms with Gasteiger partial charge in [-0.15, -0.1) is 0 Å². The van der Waals surface area contributed by atoms with Gasteiger partial charge in [0.2, 0.25) is 0 Å². The van der Waals surface area contributed by atoms with E-state index in [9.17, 15) is 9.90 Å². The van der Waals surface area contributed by atoms with Crippen molar-refractivity contribution in [3.63, 3.8) is 0 Å². The van der Waals surface area contributed by atoms with E-state index in [1.165, 1.54) is 37.1 Å². The number of ether oxygens (including phenoxy) is 2. The van der Waals surface area contributed by atoms with Gasteiger partial charge in [-0.3, -0.25) is 0 Å². The van der Waals surface area contributed by atoms with Crippen LogP contribution in [0.5, 0.6) is 11.5 Å². The zero-order chi connectivity index (χ0) is 19.4. The van der Waals surface area contributed by atoms with Crippen molar-refractivity contribution in [3.8, 4) is 11.5 Å². The van der Waals surface area contributed by atoms with Gasteiger partial charge in [-0.25, -0.2) is 4.79 Å². The minimum atomic E-state index is -0.914. The van der Waals surface area contributed by atoms with E-state index >= 15 is 0 Å². The summed E-state index contributed by atoms with van der Waals surface area (Å²) >= 11 is 0. The van der Waals surface area contributed by atoms with Gasteiger partial charge >= 0.3 is 5.97 Å². The van der Waals surface area contributed by atoms with Crippen molar-refractivity contribution in [1.82, 2.24) is 0 Å². The number of benzene rings is 2. The van der Waals surface area contributed by atoms with Gasteiger partial charge in [0.1, 0.15) is 30.8 Å². The molecule has 0 radical (unpaired) electrons. The second-order valence-corrected chi connectivity index (χ2v) is 5.92. The number of aliphatic hydroxyl groups is 1. The molecule has 5 heteroatoms. The number of rotatable bonds is 7. The summed E-state index contributed by atoms with van der Waals surface area (Å²) in [6.07, 6.45) is 1.72. The highest BCUT2D eigenvalue weighted by molar-refractivity contribution is 5.89. The Morgan fingerprint density at radius 1 is 0.962 bits per heavy atom. The number of aromatic hydroxyl groups is 1. The maximum absolute atomic E-state index is 11.7. The molecule has 0 aliphatic carbocycles.